The lowest BCUT2D eigenvalue weighted by atomic mass is 9.94. The lowest BCUT2D eigenvalue weighted by Gasteiger charge is -2.33. The third-order valence-electron chi connectivity index (χ3n) is 6.97. The first-order valence-corrected chi connectivity index (χ1v) is 13.1. The van der Waals surface area contributed by atoms with Crippen molar-refractivity contribution in [1.29, 1.82) is 0 Å². The minimum atomic E-state index is -0.808. The summed E-state index contributed by atoms with van der Waals surface area (Å²) in [4.78, 5) is 28.9. The number of aryl methyl sites for hydroxylation is 1. The molecule has 0 aliphatic heterocycles. The molecule has 3 aromatic rings. The summed E-state index contributed by atoms with van der Waals surface area (Å²) in [7, 11) is 0. The Balaban J connectivity index is 1.62. The van der Waals surface area contributed by atoms with Gasteiger partial charge in [-0.05, 0) is 43.0 Å². The van der Waals surface area contributed by atoms with Crippen LogP contribution in [-0.2, 0) is 22.6 Å². The molecule has 0 heterocycles. The number of nitrogens with zero attached hydrogens (tertiary/aromatic N) is 1. The van der Waals surface area contributed by atoms with E-state index in [1.165, 1.54) is 17.4 Å². The van der Waals surface area contributed by atoms with Crippen LogP contribution in [0.3, 0.4) is 0 Å². The van der Waals surface area contributed by atoms with Crippen molar-refractivity contribution in [2.45, 2.75) is 64.1 Å². The molecule has 0 radical (unpaired) electrons. The van der Waals surface area contributed by atoms with Crippen LogP contribution < -0.4 is 10.1 Å². The maximum atomic E-state index is 14.7. The summed E-state index contributed by atoms with van der Waals surface area (Å²) in [6.45, 7) is 1.63. The van der Waals surface area contributed by atoms with Gasteiger partial charge in [0.2, 0.25) is 5.91 Å². The van der Waals surface area contributed by atoms with E-state index in [0.29, 0.717) is 17.7 Å². The Labute approximate surface area is 218 Å². The second kappa shape index (κ2) is 13.0. The van der Waals surface area contributed by atoms with Crippen molar-refractivity contribution in [2.75, 3.05) is 6.61 Å². The van der Waals surface area contributed by atoms with Gasteiger partial charge in [0.05, 0.1) is 0 Å². The normalized spacial score (nSPS) is 14.5. The third-order valence-corrected chi connectivity index (χ3v) is 6.97. The van der Waals surface area contributed by atoms with Gasteiger partial charge < -0.3 is 15.0 Å². The molecule has 1 aliphatic rings. The van der Waals surface area contributed by atoms with Crippen molar-refractivity contribution < 1.29 is 18.7 Å². The van der Waals surface area contributed by atoms with Crippen LogP contribution in [0.5, 0.6) is 5.75 Å². The number of carbonyl (C=O) groups excluding carboxylic acids is 2. The average molecular weight is 503 g/mol. The maximum absolute atomic E-state index is 14.7. The number of nitrogens with one attached hydrogen (secondary N) is 1. The van der Waals surface area contributed by atoms with E-state index in [1.807, 2.05) is 55.5 Å². The minimum Gasteiger partial charge on any atom is -0.484 e. The molecule has 1 fully saturated rings. The molecule has 0 spiro atoms. The summed E-state index contributed by atoms with van der Waals surface area (Å²) in [5, 5.41) is 3.19. The highest BCUT2D eigenvalue weighted by Gasteiger charge is 2.32. The fourth-order valence-electron chi connectivity index (χ4n) is 4.85. The van der Waals surface area contributed by atoms with Gasteiger partial charge in [-0.3, -0.25) is 9.59 Å². The molecule has 0 aromatic heterocycles. The first-order chi connectivity index (χ1) is 18.0. The fourth-order valence-corrected chi connectivity index (χ4v) is 4.85. The molecule has 0 saturated heterocycles. The topological polar surface area (TPSA) is 58.6 Å². The maximum Gasteiger partial charge on any atom is 0.261 e. The largest absolute Gasteiger partial charge is 0.484 e. The summed E-state index contributed by atoms with van der Waals surface area (Å²) >= 11 is 0. The van der Waals surface area contributed by atoms with Gasteiger partial charge in [0.15, 0.2) is 6.61 Å². The highest BCUT2D eigenvalue weighted by molar-refractivity contribution is 5.88. The molecule has 37 heavy (non-hydrogen) atoms. The SMILES string of the molecule is Cc1ccccc1OCC(=O)N(Cc1ccccc1F)C(Cc1ccccc1)C(=O)NC1CCCCC1. The Bertz CT molecular complexity index is 1180. The second-order valence-electron chi connectivity index (χ2n) is 9.72. The van der Waals surface area contributed by atoms with Crippen LogP contribution in [0.2, 0.25) is 0 Å². The first-order valence-electron chi connectivity index (χ1n) is 13.1. The molecule has 2 amide bonds. The summed E-state index contributed by atoms with van der Waals surface area (Å²) in [5.41, 5.74) is 2.19. The summed E-state index contributed by atoms with van der Waals surface area (Å²) in [6, 6.07) is 22.7. The molecule has 1 N–H and O–H groups in total. The summed E-state index contributed by atoms with van der Waals surface area (Å²) in [6.07, 6.45) is 5.52. The van der Waals surface area contributed by atoms with Crippen molar-refractivity contribution in [2.24, 2.45) is 0 Å². The van der Waals surface area contributed by atoms with Gasteiger partial charge in [0.1, 0.15) is 17.6 Å². The van der Waals surface area contributed by atoms with Crippen LogP contribution in [0, 0.1) is 12.7 Å². The van der Waals surface area contributed by atoms with Gasteiger partial charge >= 0.3 is 0 Å². The van der Waals surface area contributed by atoms with E-state index >= 15 is 0 Å². The Morgan fingerprint density at radius 3 is 2.35 bits per heavy atom. The van der Waals surface area contributed by atoms with Crippen molar-refractivity contribution in [1.82, 2.24) is 10.2 Å². The second-order valence-corrected chi connectivity index (χ2v) is 9.72. The number of benzene rings is 3. The number of halogens is 1. The van der Waals surface area contributed by atoms with E-state index in [2.05, 4.69) is 5.32 Å². The number of para-hydroxylation sites is 1. The number of carbonyl (C=O) groups is 2. The molecular weight excluding hydrogens is 467 g/mol. The molecule has 1 aliphatic carbocycles. The first kappa shape index (κ1) is 26.4. The number of ether oxygens (including phenoxy) is 1. The highest BCUT2D eigenvalue weighted by Crippen LogP contribution is 2.21. The van der Waals surface area contributed by atoms with Gasteiger partial charge in [-0.2, -0.15) is 0 Å². The molecule has 5 nitrogen and oxygen atoms in total. The van der Waals surface area contributed by atoms with Crippen LogP contribution in [0.25, 0.3) is 0 Å². The zero-order valence-corrected chi connectivity index (χ0v) is 21.4. The van der Waals surface area contributed by atoms with Crippen molar-refractivity contribution in [3.05, 3.63) is 101 Å². The van der Waals surface area contributed by atoms with Crippen LogP contribution in [0.1, 0.15) is 48.8 Å². The van der Waals surface area contributed by atoms with Crippen LogP contribution in [0.4, 0.5) is 4.39 Å². The van der Waals surface area contributed by atoms with Crippen LogP contribution in [0.15, 0.2) is 78.9 Å². The zero-order chi connectivity index (χ0) is 26.0. The lowest BCUT2D eigenvalue weighted by Crippen LogP contribution is -2.53. The van der Waals surface area contributed by atoms with E-state index in [0.717, 1.165) is 36.8 Å². The lowest BCUT2D eigenvalue weighted by molar-refractivity contribution is -0.143. The molecular formula is C31H35FN2O3. The standard InChI is InChI=1S/C31H35FN2O3/c1-23-12-8-11-19-29(23)37-22-30(35)34(21-25-15-9-10-18-27(25)32)28(20-24-13-4-2-5-14-24)31(36)33-26-16-6-3-7-17-26/h2,4-5,8-15,18-19,26,28H,3,6-7,16-17,20-22H2,1H3,(H,33,36). The molecule has 4 rings (SSSR count). The van der Waals surface area contributed by atoms with Crippen LogP contribution >= 0.6 is 0 Å². The Kier molecular flexibility index (Phi) is 9.30. The molecule has 1 unspecified atom stereocenters. The number of hydrogen-bond acceptors (Lipinski definition) is 3. The Hall–Kier alpha value is -3.67. The van der Waals surface area contributed by atoms with Crippen molar-refractivity contribution in [3.8, 4) is 5.75 Å². The van der Waals surface area contributed by atoms with Gasteiger partial charge in [0, 0.05) is 24.6 Å². The van der Waals surface area contributed by atoms with E-state index in [1.54, 1.807) is 24.3 Å². The van der Waals surface area contributed by atoms with Crippen molar-refractivity contribution in [3.63, 3.8) is 0 Å². The molecule has 6 heteroatoms. The molecule has 0 bridgehead atoms. The molecule has 1 saturated carbocycles. The highest BCUT2D eigenvalue weighted by atomic mass is 19.1. The third kappa shape index (κ3) is 7.42. The molecule has 194 valence electrons. The Morgan fingerprint density at radius 2 is 1.62 bits per heavy atom. The van der Waals surface area contributed by atoms with Gasteiger partial charge in [-0.15, -0.1) is 0 Å². The smallest absolute Gasteiger partial charge is 0.261 e. The Morgan fingerprint density at radius 1 is 0.946 bits per heavy atom. The molecule has 3 aromatic carbocycles. The fraction of sp³-hybridized carbons (Fsp3) is 0.355. The predicted octanol–water partition coefficient (Wildman–Crippen LogP) is 5.60. The van der Waals surface area contributed by atoms with Gasteiger partial charge in [-0.25, -0.2) is 4.39 Å². The van der Waals surface area contributed by atoms with E-state index < -0.39 is 11.9 Å². The minimum absolute atomic E-state index is 0.0295. The van der Waals surface area contributed by atoms with Crippen molar-refractivity contribution >= 4 is 11.8 Å². The number of hydrogen-bond donors (Lipinski definition) is 1. The van der Waals surface area contributed by atoms with E-state index in [9.17, 15) is 14.0 Å². The zero-order valence-electron chi connectivity index (χ0n) is 21.4. The quantitative estimate of drug-likeness (QED) is 0.393. The predicted molar refractivity (Wildman–Crippen MR) is 143 cm³/mol. The number of amides is 2. The summed E-state index contributed by atoms with van der Waals surface area (Å²) < 4.78 is 20.6. The van der Waals surface area contributed by atoms with E-state index in [-0.39, 0.29) is 31.0 Å². The number of rotatable bonds is 10. The average Bonchev–Trinajstić information content (AvgIpc) is 2.92. The monoisotopic (exact) mass is 502 g/mol. The summed E-state index contributed by atoms with van der Waals surface area (Å²) in [5.74, 6) is -0.387. The van der Waals surface area contributed by atoms with E-state index in [4.69, 9.17) is 4.74 Å². The molecule has 1 atom stereocenters. The van der Waals surface area contributed by atoms with Crippen LogP contribution in [-0.4, -0.2) is 35.4 Å². The van der Waals surface area contributed by atoms with Gasteiger partial charge in [-0.1, -0.05) is 86.0 Å². The van der Waals surface area contributed by atoms with Gasteiger partial charge in [0.25, 0.3) is 5.91 Å².